The van der Waals surface area contributed by atoms with Gasteiger partial charge in [0.2, 0.25) is 0 Å². The number of carbonyl (C=O) groups excluding carboxylic acids is 2. The maximum atomic E-state index is 13.0. The molecule has 200 valence electrons. The first-order valence-corrected chi connectivity index (χ1v) is 12.9. The van der Waals surface area contributed by atoms with Crippen LogP contribution < -0.4 is 20.3 Å². The monoisotopic (exact) mass is 524 g/mol. The summed E-state index contributed by atoms with van der Waals surface area (Å²) in [7, 11) is 3.68. The fourth-order valence-electron chi connectivity index (χ4n) is 4.74. The molecule has 4 aromatic rings. The quantitative estimate of drug-likeness (QED) is 0.332. The van der Waals surface area contributed by atoms with Crippen molar-refractivity contribution in [2.75, 3.05) is 35.7 Å². The molecule has 1 aliphatic heterocycles. The second kappa shape index (κ2) is 11.3. The Morgan fingerprint density at radius 1 is 0.923 bits per heavy atom. The smallest absolute Gasteiger partial charge is 0.323 e. The molecule has 2 N–H and O–H groups in total. The minimum atomic E-state index is -0.327. The Hall–Kier alpha value is -4.79. The number of hydrogen-bond acceptors (Lipinski definition) is 5. The van der Waals surface area contributed by atoms with Gasteiger partial charge in [-0.2, -0.15) is 5.10 Å². The number of benzene rings is 3. The lowest BCUT2D eigenvalue weighted by molar-refractivity contribution is 0.0744. The summed E-state index contributed by atoms with van der Waals surface area (Å²) in [6, 6.07) is 24.3. The van der Waals surface area contributed by atoms with E-state index in [0.717, 1.165) is 36.6 Å². The standard InChI is InChI=1S/C30H32N6O3/c1-21-28(20-34(2)33-21)29(37)35(3)25-17-18-36(19-25)24-13-9-22(10-14-24)31-30(38)32-23-11-15-27(16-12-23)39-26-7-5-4-6-8-26/h4-16,20,25H,17-19H2,1-3H3,(H2,31,32,38). The highest BCUT2D eigenvalue weighted by Crippen LogP contribution is 2.26. The zero-order chi connectivity index (χ0) is 27.4. The molecule has 1 fully saturated rings. The minimum Gasteiger partial charge on any atom is -0.457 e. The summed E-state index contributed by atoms with van der Waals surface area (Å²) in [5.74, 6) is 1.44. The predicted molar refractivity (Wildman–Crippen MR) is 153 cm³/mol. The molecular formula is C30H32N6O3. The normalized spacial score (nSPS) is 14.6. The number of aryl methyl sites for hydroxylation is 2. The number of anilines is 3. The molecule has 0 radical (unpaired) electrons. The van der Waals surface area contributed by atoms with Crippen LogP contribution >= 0.6 is 0 Å². The summed E-state index contributed by atoms with van der Waals surface area (Å²) in [5, 5.41) is 10.0. The van der Waals surface area contributed by atoms with Crippen molar-refractivity contribution in [3.05, 3.63) is 96.3 Å². The van der Waals surface area contributed by atoms with Crippen LogP contribution in [0, 0.1) is 6.92 Å². The average Bonchev–Trinajstić information content (AvgIpc) is 3.56. The molecule has 3 amide bonds. The van der Waals surface area contributed by atoms with Crippen molar-refractivity contribution < 1.29 is 14.3 Å². The first kappa shape index (κ1) is 25.8. The Labute approximate surface area is 228 Å². The van der Waals surface area contributed by atoms with E-state index in [0.29, 0.717) is 22.7 Å². The molecule has 1 aromatic heterocycles. The first-order chi connectivity index (χ1) is 18.9. The van der Waals surface area contributed by atoms with E-state index in [-0.39, 0.29) is 18.0 Å². The maximum absolute atomic E-state index is 13.0. The third-order valence-electron chi connectivity index (χ3n) is 6.86. The minimum absolute atomic E-state index is 0.00336. The summed E-state index contributed by atoms with van der Waals surface area (Å²) < 4.78 is 7.46. The molecule has 0 spiro atoms. The Kier molecular flexibility index (Phi) is 7.49. The van der Waals surface area contributed by atoms with Gasteiger partial charge in [-0.05, 0) is 74.0 Å². The van der Waals surface area contributed by atoms with E-state index in [2.05, 4.69) is 20.6 Å². The predicted octanol–water partition coefficient (Wildman–Crippen LogP) is 5.52. The van der Waals surface area contributed by atoms with Gasteiger partial charge in [0, 0.05) is 50.4 Å². The van der Waals surface area contributed by atoms with Gasteiger partial charge in [-0.25, -0.2) is 4.79 Å². The number of ether oxygens (including phenoxy) is 1. The van der Waals surface area contributed by atoms with E-state index in [1.165, 1.54) is 0 Å². The number of amides is 3. The molecule has 1 unspecified atom stereocenters. The van der Waals surface area contributed by atoms with Gasteiger partial charge in [0.05, 0.1) is 17.3 Å². The van der Waals surface area contributed by atoms with Gasteiger partial charge in [-0.3, -0.25) is 9.48 Å². The van der Waals surface area contributed by atoms with Gasteiger partial charge in [-0.1, -0.05) is 18.2 Å². The van der Waals surface area contributed by atoms with Crippen molar-refractivity contribution in [3.8, 4) is 11.5 Å². The number of rotatable bonds is 7. The molecule has 1 atom stereocenters. The van der Waals surface area contributed by atoms with Crippen molar-refractivity contribution in [1.29, 1.82) is 0 Å². The molecule has 2 heterocycles. The molecule has 0 saturated carbocycles. The highest BCUT2D eigenvalue weighted by atomic mass is 16.5. The highest BCUT2D eigenvalue weighted by Gasteiger charge is 2.30. The molecule has 1 aliphatic rings. The molecular weight excluding hydrogens is 492 g/mol. The lowest BCUT2D eigenvalue weighted by Gasteiger charge is -2.25. The molecule has 3 aromatic carbocycles. The van der Waals surface area contributed by atoms with Gasteiger partial charge in [0.1, 0.15) is 11.5 Å². The summed E-state index contributed by atoms with van der Waals surface area (Å²) in [4.78, 5) is 29.6. The largest absolute Gasteiger partial charge is 0.457 e. The Balaban J connectivity index is 1.12. The summed E-state index contributed by atoms with van der Waals surface area (Å²) in [6.45, 7) is 3.46. The summed E-state index contributed by atoms with van der Waals surface area (Å²) >= 11 is 0. The van der Waals surface area contributed by atoms with Gasteiger partial charge in [-0.15, -0.1) is 0 Å². The average molecular weight is 525 g/mol. The summed E-state index contributed by atoms with van der Waals surface area (Å²) in [6.07, 6.45) is 2.66. The first-order valence-electron chi connectivity index (χ1n) is 12.9. The second-order valence-electron chi connectivity index (χ2n) is 9.67. The van der Waals surface area contributed by atoms with Crippen molar-refractivity contribution >= 4 is 29.0 Å². The highest BCUT2D eigenvalue weighted by molar-refractivity contribution is 5.99. The number of urea groups is 1. The number of hydrogen-bond donors (Lipinski definition) is 2. The van der Waals surface area contributed by atoms with Crippen LogP contribution in [0.1, 0.15) is 22.5 Å². The topological polar surface area (TPSA) is 91.7 Å². The molecule has 9 heteroatoms. The van der Waals surface area contributed by atoms with Crippen LogP contribution in [-0.2, 0) is 7.05 Å². The van der Waals surface area contributed by atoms with E-state index in [4.69, 9.17) is 4.74 Å². The third-order valence-corrected chi connectivity index (χ3v) is 6.86. The van der Waals surface area contributed by atoms with Crippen LogP contribution in [0.15, 0.2) is 85.1 Å². The third kappa shape index (κ3) is 6.20. The number of aromatic nitrogens is 2. The lowest BCUT2D eigenvalue weighted by Crippen LogP contribution is -2.39. The van der Waals surface area contributed by atoms with Crippen molar-refractivity contribution in [1.82, 2.24) is 14.7 Å². The van der Waals surface area contributed by atoms with E-state index < -0.39 is 0 Å². The Morgan fingerprint density at radius 3 is 2.15 bits per heavy atom. The number of carbonyl (C=O) groups is 2. The molecule has 9 nitrogen and oxygen atoms in total. The molecule has 39 heavy (non-hydrogen) atoms. The lowest BCUT2D eigenvalue weighted by atomic mass is 10.2. The number of para-hydroxylation sites is 1. The van der Waals surface area contributed by atoms with E-state index in [1.807, 2.05) is 92.6 Å². The molecule has 0 aliphatic carbocycles. The number of nitrogens with zero attached hydrogens (tertiary/aromatic N) is 4. The second-order valence-corrected chi connectivity index (χ2v) is 9.67. The fraction of sp³-hybridized carbons (Fsp3) is 0.233. The van der Waals surface area contributed by atoms with E-state index in [1.54, 1.807) is 23.0 Å². The molecule has 0 bridgehead atoms. The van der Waals surface area contributed by atoms with Crippen LogP contribution in [0.25, 0.3) is 0 Å². The van der Waals surface area contributed by atoms with Crippen molar-refractivity contribution in [3.63, 3.8) is 0 Å². The van der Waals surface area contributed by atoms with Crippen LogP contribution in [0.4, 0.5) is 21.9 Å². The fourth-order valence-corrected chi connectivity index (χ4v) is 4.74. The Morgan fingerprint density at radius 2 is 1.54 bits per heavy atom. The van der Waals surface area contributed by atoms with Crippen molar-refractivity contribution in [2.24, 2.45) is 7.05 Å². The van der Waals surface area contributed by atoms with Crippen molar-refractivity contribution in [2.45, 2.75) is 19.4 Å². The number of likely N-dealkylation sites (N-methyl/N-ethyl adjacent to an activating group) is 1. The van der Waals surface area contributed by atoms with Crippen LogP contribution in [-0.4, -0.2) is 52.8 Å². The number of nitrogens with one attached hydrogen (secondary N) is 2. The maximum Gasteiger partial charge on any atom is 0.323 e. The van der Waals surface area contributed by atoms with Gasteiger partial charge >= 0.3 is 6.03 Å². The zero-order valence-corrected chi connectivity index (χ0v) is 22.3. The SMILES string of the molecule is Cc1nn(C)cc1C(=O)N(C)C1CCN(c2ccc(NC(=O)Nc3ccc(Oc4ccccc4)cc3)cc2)C1. The van der Waals surface area contributed by atoms with Crippen LogP contribution in [0.5, 0.6) is 11.5 Å². The molecule has 5 rings (SSSR count). The van der Waals surface area contributed by atoms with Gasteiger partial charge in [0.15, 0.2) is 0 Å². The van der Waals surface area contributed by atoms with Gasteiger partial charge < -0.3 is 25.2 Å². The van der Waals surface area contributed by atoms with Crippen LogP contribution in [0.3, 0.4) is 0 Å². The van der Waals surface area contributed by atoms with E-state index >= 15 is 0 Å². The zero-order valence-electron chi connectivity index (χ0n) is 22.3. The van der Waals surface area contributed by atoms with E-state index in [9.17, 15) is 9.59 Å². The summed E-state index contributed by atoms with van der Waals surface area (Å²) in [5.41, 5.74) is 3.79. The van der Waals surface area contributed by atoms with Crippen LogP contribution in [0.2, 0.25) is 0 Å². The Bertz CT molecular complexity index is 1430. The van der Waals surface area contributed by atoms with Gasteiger partial charge in [0.25, 0.3) is 5.91 Å². The molecule has 1 saturated heterocycles.